The van der Waals surface area contributed by atoms with Crippen LogP contribution in [0.3, 0.4) is 0 Å². The molecule has 82 valence electrons. The molecular formula is C13H13NO2. The number of nitrogens with zero attached hydrogens (tertiary/aromatic N) is 1. The molecule has 0 bridgehead atoms. The topological polar surface area (TPSA) is 43.1 Å². The average molecular weight is 215 g/mol. The van der Waals surface area contributed by atoms with Crippen molar-refractivity contribution in [2.75, 3.05) is 0 Å². The number of carbonyl (C=O) groups is 1. The largest absolute Gasteiger partial charge is 0.461 e. The number of hydrogen-bond acceptors (Lipinski definition) is 3. The van der Waals surface area contributed by atoms with Gasteiger partial charge in [0, 0.05) is 18.0 Å². The first-order valence-electron chi connectivity index (χ1n) is 5.15. The monoisotopic (exact) mass is 215 g/mol. The molecule has 0 unspecified atom stereocenters. The Hall–Kier alpha value is -1.90. The summed E-state index contributed by atoms with van der Waals surface area (Å²) in [5, 5.41) is 0. The molecule has 0 fully saturated rings. The van der Waals surface area contributed by atoms with Crippen molar-refractivity contribution in [2.45, 2.75) is 20.3 Å². The molecule has 0 amide bonds. The number of hydrogen-bond donors (Lipinski definition) is 0. The Labute approximate surface area is 94.1 Å². The first-order chi connectivity index (χ1) is 7.65. The minimum Gasteiger partial charge on any atom is -0.461 e. The minimum absolute atomic E-state index is 0.100. The third-order valence-electron chi connectivity index (χ3n) is 2.24. The van der Waals surface area contributed by atoms with Crippen molar-refractivity contribution in [3.63, 3.8) is 0 Å². The van der Waals surface area contributed by atoms with E-state index in [1.165, 1.54) is 0 Å². The van der Waals surface area contributed by atoms with Crippen molar-refractivity contribution in [2.24, 2.45) is 0 Å². The highest BCUT2D eigenvalue weighted by molar-refractivity contribution is 5.77. The van der Waals surface area contributed by atoms with E-state index in [9.17, 15) is 4.79 Å². The molecule has 0 aliphatic rings. The van der Waals surface area contributed by atoms with Crippen LogP contribution in [0.4, 0.5) is 0 Å². The van der Waals surface area contributed by atoms with E-state index in [4.69, 9.17) is 4.42 Å². The molecule has 2 rings (SSSR count). The lowest BCUT2D eigenvalue weighted by atomic mass is 10.2. The molecule has 3 nitrogen and oxygen atoms in total. The van der Waals surface area contributed by atoms with Crippen molar-refractivity contribution >= 4 is 5.78 Å². The zero-order valence-electron chi connectivity index (χ0n) is 9.36. The number of carbonyl (C=O) groups excluding carboxylic acids is 1. The molecule has 0 N–H and O–H groups in total. The van der Waals surface area contributed by atoms with E-state index in [2.05, 4.69) is 4.98 Å². The SMILES string of the molecule is CC(=O)Cc1ccc(-c2cncc(C)c2)o1. The van der Waals surface area contributed by atoms with Gasteiger partial charge >= 0.3 is 0 Å². The summed E-state index contributed by atoms with van der Waals surface area (Å²) in [4.78, 5) is 15.0. The molecule has 0 spiro atoms. The van der Waals surface area contributed by atoms with Crippen LogP contribution in [0.15, 0.2) is 35.0 Å². The predicted octanol–water partition coefficient (Wildman–Crippen LogP) is 2.78. The fourth-order valence-electron chi connectivity index (χ4n) is 1.56. The Bertz CT molecular complexity index is 514. The standard InChI is InChI=1S/C13H13NO2/c1-9-5-11(8-14-7-9)13-4-3-12(16-13)6-10(2)15/h3-5,7-8H,6H2,1-2H3. The van der Waals surface area contributed by atoms with Gasteiger partial charge in [-0.3, -0.25) is 9.78 Å². The number of aryl methyl sites for hydroxylation is 1. The van der Waals surface area contributed by atoms with Crippen LogP contribution in [0.2, 0.25) is 0 Å². The van der Waals surface area contributed by atoms with Crippen LogP contribution in [0, 0.1) is 6.92 Å². The Morgan fingerprint density at radius 2 is 2.19 bits per heavy atom. The smallest absolute Gasteiger partial charge is 0.137 e. The van der Waals surface area contributed by atoms with E-state index >= 15 is 0 Å². The number of rotatable bonds is 3. The lowest BCUT2D eigenvalue weighted by Gasteiger charge is -1.97. The molecule has 2 aromatic rings. The predicted molar refractivity (Wildman–Crippen MR) is 61.1 cm³/mol. The molecule has 0 radical (unpaired) electrons. The van der Waals surface area contributed by atoms with Gasteiger partial charge in [0.2, 0.25) is 0 Å². The summed E-state index contributed by atoms with van der Waals surface area (Å²) < 4.78 is 5.57. The van der Waals surface area contributed by atoms with E-state index in [1.54, 1.807) is 19.3 Å². The van der Waals surface area contributed by atoms with Gasteiger partial charge < -0.3 is 4.42 Å². The Morgan fingerprint density at radius 3 is 2.88 bits per heavy atom. The van der Waals surface area contributed by atoms with Gasteiger partial charge in [-0.1, -0.05) is 0 Å². The Kier molecular flexibility index (Phi) is 2.86. The van der Waals surface area contributed by atoms with Crippen LogP contribution >= 0.6 is 0 Å². The zero-order valence-corrected chi connectivity index (χ0v) is 9.36. The van der Waals surface area contributed by atoms with Crippen LogP contribution in [-0.2, 0) is 11.2 Å². The third kappa shape index (κ3) is 2.37. The van der Waals surface area contributed by atoms with Crippen LogP contribution < -0.4 is 0 Å². The van der Waals surface area contributed by atoms with Gasteiger partial charge in [0.1, 0.15) is 17.3 Å². The maximum absolute atomic E-state index is 10.9. The van der Waals surface area contributed by atoms with Crippen molar-refractivity contribution in [1.29, 1.82) is 0 Å². The first kappa shape index (κ1) is 10.6. The van der Waals surface area contributed by atoms with Gasteiger partial charge in [-0.25, -0.2) is 0 Å². The molecule has 3 heteroatoms. The molecule has 2 heterocycles. The lowest BCUT2D eigenvalue weighted by molar-refractivity contribution is -0.116. The second-order valence-corrected chi connectivity index (χ2v) is 3.90. The van der Waals surface area contributed by atoms with Crippen molar-refractivity contribution in [3.05, 3.63) is 41.9 Å². The summed E-state index contributed by atoms with van der Waals surface area (Å²) in [7, 11) is 0. The quantitative estimate of drug-likeness (QED) is 0.790. The second kappa shape index (κ2) is 4.31. The molecule has 0 atom stereocenters. The van der Waals surface area contributed by atoms with Gasteiger partial charge in [0.25, 0.3) is 0 Å². The molecule has 16 heavy (non-hydrogen) atoms. The van der Waals surface area contributed by atoms with Crippen LogP contribution in [0.1, 0.15) is 18.2 Å². The highest BCUT2D eigenvalue weighted by Gasteiger charge is 2.06. The number of aromatic nitrogens is 1. The normalized spacial score (nSPS) is 10.4. The van der Waals surface area contributed by atoms with E-state index in [-0.39, 0.29) is 5.78 Å². The lowest BCUT2D eigenvalue weighted by Crippen LogP contribution is -1.93. The van der Waals surface area contributed by atoms with Gasteiger partial charge in [-0.2, -0.15) is 0 Å². The molecule has 0 aliphatic carbocycles. The Morgan fingerprint density at radius 1 is 1.38 bits per heavy atom. The average Bonchev–Trinajstić information content (AvgIpc) is 2.65. The molecule has 0 saturated heterocycles. The maximum Gasteiger partial charge on any atom is 0.137 e. The maximum atomic E-state index is 10.9. The number of ketones is 1. The van der Waals surface area contributed by atoms with E-state index in [0.717, 1.165) is 16.9 Å². The number of pyridine rings is 1. The fourth-order valence-corrected chi connectivity index (χ4v) is 1.56. The summed E-state index contributed by atoms with van der Waals surface area (Å²) in [6, 6.07) is 5.71. The second-order valence-electron chi connectivity index (χ2n) is 3.90. The number of Topliss-reactive ketones (excluding diaryl/α,β-unsaturated/α-hetero) is 1. The molecule has 0 saturated carbocycles. The van der Waals surface area contributed by atoms with Gasteiger partial charge in [-0.15, -0.1) is 0 Å². The van der Waals surface area contributed by atoms with E-state index in [1.807, 2.05) is 25.1 Å². The van der Waals surface area contributed by atoms with Crippen LogP contribution in [0.5, 0.6) is 0 Å². The molecule has 0 aliphatic heterocycles. The van der Waals surface area contributed by atoms with Gasteiger partial charge in [0.05, 0.1) is 6.42 Å². The minimum atomic E-state index is 0.100. The Balaban J connectivity index is 2.28. The van der Waals surface area contributed by atoms with E-state index < -0.39 is 0 Å². The molecule has 0 aromatic carbocycles. The zero-order chi connectivity index (χ0) is 11.5. The summed E-state index contributed by atoms with van der Waals surface area (Å²) in [6.07, 6.45) is 3.89. The van der Waals surface area contributed by atoms with Gasteiger partial charge in [-0.05, 0) is 37.6 Å². The highest BCUT2D eigenvalue weighted by Crippen LogP contribution is 2.22. The third-order valence-corrected chi connectivity index (χ3v) is 2.24. The summed E-state index contributed by atoms with van der Waals surface area (Å²) in [5.74, 6) is 1.56. The van der Waals surface area contributed by atoms with Crippen molar-refractivity contribution in [3.8, 4) is 11.3 Å². The highest BCUT2D eigenvalue weighted by atomic mass is 16.3. The first-order valence-corrected chi connectivity index (χ1v) is 5.15. The summed E-state index contributed by atoms with van der Waals surface area (Å²) in [6.45, 7) is 3.53. The molecular weight excluding hydrogens is 202 g/mol. The van der Waals surface area contributed by atoms with Crippen LogP contribution in [0.25, 0.3) is 11.3 Å². The van der Waals surface area contributed by atoms with Crippen LogP contribution in [-0.4, -0.2) is 10.8 Å². The summed E-state index contributed by atoms with van der Waals surface area (Å²) >= 11 is 0. The van der Waals surface area contributed by atoms with E-state index in [0.29, 0.717) is 12.2 Å². The summed E-state index contributed by atoms with van der Waals surface area (Å²) in [5.41, 5.74) is 2.02. The fraction of sp³-hybridized carbons (Fsp3) is 0.231. The van der Waals surface area contributed by atoms with Crippen molar-refractivity contribution < 1.29 is 9.21 Å². The molecule has 2 aromatic heterocycles. The number of furan rings is 1. The van der Waals surface area contributed by atoms with Crippen molar-refractivity contribution in [1.82, 2.24) is 4.98 Å². The van der Waals surface area contributed by atoms with Gasteiger partial charge in [0.15, 0.2) is 0 Å².